The summed E-state index contributed by atoms with van der Waals surface area (Å²) in [4.78, 5) is 0.161. The standard InChI is InChI=1S/C14H24N2O2S/c1-5-10(2)8-12(4)16-19(17,18)14-7-6-11(3)9-13(14)15/h6-7,9-10,12,16H,5,8,15H2,1-4H3. The fraction of sp³-hybridized carbons (Fsp3) is 0.571. The molecule has 0 spiro atoms. The molecule has 0 aromatic heterocycles. The van der Waals surface area contributed by atoms with Crippen molar-refractivity contribution >= 4 is 15.7 Å². The van der Waals surface area contributed by atoms with E-state index in [0.717, 1.165) is 18.4 Å². The number of benzene rings is 1. The molecule has 1 aromatic carbocycles. The van der Waals surface area contributed by atoms with Crippen LogP contribution in [0.15, 0.2) is 23.1 Å². The smallest absolute Gasteiger partial charge is 0.242 e. The van der Waals surface area contributed by atoms with Crippen LogP contribution < -0.4 is 10.5 Å². The minimum Gasteiger partial charge on any atom is -0.398 e. The molecule has 19 heavy (non-hydrogen) atoms. The van der Waals surface area contributed by atoms with Gasteiger partial charge in [0.2, 0.25) is 10.0 Å². The highest BCUT2D eigenvalue weighted by Crippen LogP contribution is 2.20. The van der Waals surface area contributed by atoms with Gasteiger partial charge in [-0.15, -0.1) is 0 Å². The molecule has 0 aliphatic heterocycles. The third kappa shape index (κ3) is 4.51. The Morgan fingerprint density at radius 1 is 1.32 bits per heavy atom. The summed E-state index contributed by atoms with van der Waals surface area (Å²) in [5.41, 5.74) is 7.03. The van der Waals surface area contributed by atoms with Crippen molar-refractivity contribution in [2.75, 3.05) is 5.73 Å². The monoisotopic (exact) mass is 284 g/mol. The molecule has 0 aliphatic rings. The van der Waals surface area contributed by atoms with Crippen molar-refractivity contribution in [1.82, 2.24) is 4.72 Å². The average molecular weight is 284 g/mol. The van der Waals surface area contributed by atoms with Gasteiger partial charge in [-0.3, -0.25) is 0 Å². The molecule has 0 amide bonds. The van der Waals surface area contributed by atoms with E-state index in [2.05, 4.69) is 18.6 Å². The number of sulfonamides is 1. The van der Waals surface area contributed by atoms with E-state index in [4.69, 9.17) is 5.73 Å². The second kappa shape index (κ2) is 6.39. The summed E-state index contributed by atoms with van der Waals surface area (Å²) in [7, 11) is -3.54. The fourth-order valence-electron chi connectivity index (χ4n) is 2.06. The average Bonchev–Trinajstić information content (AvgIpc) is 2.26. The van der Waals surface area contributed by atoms with Gasteiger partial charge < -0.3 is 5.73 Å². The maximum Gasteiger partial charge on any atom is 0.242 e. The molecule has 0 radical (unpaired) electrons. The van der Waals surface area contributed by atoms with Crippen molar-refractivity contribution in [3.8, 4) is 0 Å². The third-order valence-corrected chi connectivity index (χ3v) is 4.93. The second-order valence-electron chi connectivity index (χ2n) is 5.31. The number of nitrogens with two attached hydrogens (primary N) is 1. The molecule has 5 heteroatoms. The Hall–Kier alpha value is -1.07. The predicted octanol–water partition coefficient (Wildman–Crippen LogP) is 2.68. The summed E-state index contributed by atoms with van der Waals surface area (Å²) in [6.07, 6.45) is 1.86. The number of nitrogen functional groups attached to an aromatic ring is 1. The van der Waals surface area contributed by atoms with E-state index in [-0.39, 0.29) is 10.9 Å². The maximum absolute atomic E-state index is 12.3. The van der Waals surface area contributed by atoms with Crippen LogP contribution in [-0.2, 0) is 10.0 Å². The van der Waals surface area contributed by atoms with Crippen LogP contribution in [0.2, 0.25) is 0 Å². The van der Waals surface area contributed by atoms with Crippen LogP contribution in [0.25, 0.3) is 0 Å². The van der Waals surface area contributed by atoms with E-state index in [1.807, 2.05) is 13.8 Å². The first kappa shape index (κ1) is 16.0. The van der Waals surface area contributed by atoms with Gasteiger partial charge in [-0.25, -0.2) is 13.1 Å². The summed E-state index contributed by atoms with van der Waals surface area (Å²) in [5.74, 6) is 0.494. The lowest BCUT2D eigenvalue weighted by molar-refractivity contribution is 0.445. The molecular weight excluding hydrogens is 260 g/mol. The van der Waals surface area contributed by atoms with Gasteiger partial charge in [-0.05, 0) is 43.9 Å². The van der Waals surface area contributed by atoms with Gasteiger partial charge in [0.1, 0.15) is 4.90 Å². The Bertz CT molecular complexity index is 526. The van der Waals surface area contributed by atoms with E-state index in [0.29, 0.717) is 11.6 Å². The van der Waals surface area contributed by atoms with Crippen molar-refractivity contribution in [3.63, 3.8) is 0 Å². The molecule has 0 aliphatic carbocycles. The topological polar surface area (TPSA) is 72.2 Å². The molecule has 0 fully saturated rings. The van der Waals surface area contributed by atoms with Crippen molar-refractivity contribution in [2.24, 2.45) is 5.92 Å². The Balaban J connectivity index is 2.86. The zero-order chi connectivity index (χ0) is 14.6. The molecule has 4 nitrogen and oxygen atoms in total. The van der Waals surface area contributed by atoms with E-state index in [1.165, 1.54) is 0 Å². The maximum atomic E-state index is 12.3. The van der Waals surface area contributed by atoms with Crippen LogP contribution in [-0.4, -0.2) is 14.5 Å². The highest BCUT2D eigenvalue weighted by Gasteiger charge is 2.20. The molecule has 1 rings (SSSR count). The minimum absolute atomic E-state index is 0.0966. The van der Waals surface area contributed by atoms with Crippen molar-refractivity contribution < 1.29 is 8.42 Å². The zero-order valence-electron chi connectivity index (χ0n) is 12.1. The molecular formula is C14H24N2O2S. The van der Waals surface area contributed by atoms with Gasteiger partial charge in [0, 0.05) is 6.04 Å². The lowest BCUT2D eigenvalue weighted by Gasteiger charge is -2.18. The first-order chi connectivity index (χ1) is 8.76. The Morgan fingerprint density at radius 2 is 1.95 bits per heavy atom. The Morgan fingerprint density at radius 3 is 2.47 bits per heavy atom. The van der Waals surface area contributed by atoms with Crippen LogP contribution in [0, 0.1) is 12.8 Å². The van der Waals surface area contributed by atoms with Gasteiger partial charge in [0.05, 0.1) is 5.69 Å². The Kier molecular flexibility index (Phi) is 5.38. The molecule has 0 bridgehead atoms. The lowest BCUT2D eigenvalue weighted by Crippen LogP contribution is -2.34. The van der Waals surface area contributed by atoms with Crippen molar-refractivity contribution in [1.29, 1.82) is 0 Å². The van der Waals surface area contributed by atoms with E-state index >= 15 is 0 Å². The normalized spacial score (nSPS) is 15.2. The summed E-state index contributed by atoms with van der Waals surface area (Å²) >= 11 is 0. The SMILES string of the molecule is CCC(C)CC(C)NS(=O)(=O)c1ccc(C)cc1N. The molecule has 0 heterocycles. The van der Waals surface area contributed by atoms with Crippen LogP contribution in [0.4, 0.5) is 5.69 Å². The number of hydrogen-bond acceptors (Lipinski definition) is 3. The van der Waals surface area contributed by atoms with E-state index in [1.54, 1.807) is 18.2 Å². The summed E-state index contributed by atoms with van der Waals surface area (Å²) in [6.45, 7) is 7.98. The van der Waals surface area contributed by atoms with Crippen LogP contribution in [0.3, 0.4) is 0 Å². The second-order valence-corrected chi connectivity index (χ2v) is 7.00. The van der Waals surface area contributed by atoms with Crippen molar-refractivity contribution in [3.05, 3.63) is 23.8 Å². The molecule has 1 aromatic rings. The fourth-order valence-corrected chi connectivity index (χ4v) is 3.43. The summed E-state index contributed by atoms with van der Waals surface area (Å²) in [6, 6.07) is 4.89. The highest BCUT2D eigenvalue weighted by atomic mass is 32.2. The van der Waals surface area contributed by atoms with Gasteiger partial charge in [0.15, 0.2) is 0 Å². The Labute approximate surface area is 116 Å². The zero-order valence-corrected chi connectivity index (χ0v) is 12.9. The summed E-state index contributed by atoms with van der Waals surface area (Å²) < 4.78 is 27.2. The number of rotatable bonds is 6. The minimum atomic E-state index is -3.54. The number of nitrogens with one attached hydrogen (secondary N) is 1. The van der Waals surface area contributed by atoms with Crippen LogP contribution >= 0.6 is 0 Å². The first-order valence-corrected chi connectivity index (χ1v) is 8.13. The van der Waals surface area contributed by atoms with Gasteiger partial charge in [-0.1, -0.05) is 26.3 Å². The van der Waals surface area contributed by atoms with Crippen molar-refractivity contribution in [2.45, 2.75) is 51.5 Å². The molecule has 0 saturated heterocycles. The molecule has 2 unspecified atom stereocenters. The van der Waals surface area contributed by atoms with Gasteiger partial charge in [-0.2, -0.15) is 0 Å². The lowest BCUT2D eigenvalue weighted by atomic mass is 10.0. The first-order valence-electron chi connectivity index (χ1n) is 6.64. The highest BCUT2D eigenvalue weighted by molar-refractivity contribution is 7.89. The predicted molar refractivity (Wildman–Crippen MR) is 79.4 cm³/mol. The number of hydrogen-bond donors (Lipinski definition) is 2. The van der Waals surface area contributed by atoms with Crippen LogP contribution in [0.5, 0.6) is 0 Å². The van der Waals surface area contributed by atoms with Crippen LogP contribution in [0.1, 0.15) is 39.2 Å². The van der Waals surface area contributed by atoms with Gasteiger partial charge in [0.25, 0.3) is 0 Å². The van der Waals surface area contributed by atoms with E-state index < -0.39 is 10.0 Å². The largest absolute Gasteiger partial charge is 0.398 e. The molecule has 0 saturated carbocycles. The number of aryl methyl sites for hydroxylation is 1. The quantitative estimate of drug-likeness (QED) is 0.789. The van der Waals surface area contributed by atoms with E-state index in [9.17, 15) is 8.42 Å². The molecule has 108 valence electrons. The molecule has 3 N–H and O–H groups in total. The number of anilines is 1. The van der Waals surface area contributed by atoms with Gasteiger partial charge >= 0.3 is 0 Å². The third-order valence-electron chi connectivity index (χ3n) is 3.26. The summed E-state index contributed by atoms with van der Waals surface area (Å²) in [5, 5.41) is 0. The molecule has 2 atom stereocenters.